The Kier molecular flexibility index (Phi) is 10.8. The zero-order valence-electron chi connectivity index (χ0n) is 24.4. The van der Waals surface area contributed by atoms with E-state index in [2.05, 4.69) is 15.1 Å². The maximum Gasteiger partial charge on any atom is 0.405 e. The lowest BCUT2D eigenvalue weighted by molar-refractivity contribution is -0.470. The van der Waals surface area contributed by atoms with Crippen LogP contribution < -0.4 is 4.74 Å². The van der Waals surface area contributed by atoms with E-state index in [4.69, 9.17) is 9.57 Å². The number of rotatable bonds is 14. The monoisotopic (exact) mass is 622 g/mol. The van der Waals surface area contributed by atoms with Crippen molar-refractivity contribution >= 4 is 34.9 Å². The van der Waals surface area contributed by atoms with Crippen LogP contribution >= 0.6 is 0 Å². The van der Waals surface area contributed by atoms with Gasteiger partial charge in [-0.1, -0.05) is 42.9 Å². The van der Waals surface area contributed by atoms with Crippen LogP contribution in [0.5, 0.6) is 11.5 Å². The van der Waals surface area contributed by atoms with E-state index in [0.717, 1.165) is 25.7 Å². The first-order chi connectivity index (χ1) is 21.5. The van der Waals surface area contributed by atoms with Crippen LogP contribution in [0.15, 0.2) is 46.7 Å². The van der Waals surface area contributed by atoms with Gasteiger partial charge in [-0.2, -0.15) is 0 Å². The molecule has 0 amide bonds. The Labute approximate surface area is 256 Å². The minimum Gasteiger partial charge on any atom is -0.457 e. The number of ether oxygens (including phenoxy) is 1. The van der Waals surface area contributed by atoms with Crippen LogP contribution in [-0.2, 0) is 25.7 Å². The summed E-state index contributed by atoms with van der Waals surface area (Å²) in [4.78, 5) is 78.4. The van der Waals surface area contributed by atoms with Gasteiger partial charge in [0.25, 0.3) is 0 Å². The SMILES string of the molecule is CC/C(=N\OC(=O)C[N+](=O)[O-])C(=O)c1ccc2c(c1)Cc1cc(C(=O)/C(CCC3CCCC3)=N/OC(=O)C[N+](=O)[O-])ccc1O2. The standard InChI is InChI=1S/C30H30N4O11/c1-2-23(31-44-27(35)16-33(39)40)29(37)19-8-11-25-21(13-19)15-22-14-20(9-12-26(22)43-25)30(38)24(10-7-18-5-3-4-6-18)32-45-28(36)17-34(41)42/h8-9,11-14,18H,2-7,10,15-17H2,1H3/b31-23+,32-24+. The fourth-order valence-corrected chi connectivity index (χ4v) is 5.16. The van der Waals surface area contributed by atoms with Gasteiger partial charge in [-0.25, -0.2) is 9.59 Å². The fraction of sp³-hybridized carbons (Fsp3) is 0.400. The quantitative estimate of drug-likeness (QED) is 0.0805. The highest BCUT2D eigenvalue weighted by molar-refractivity contribution is 6.46. The molecule has 2 aromatic rings. The highest BCUT2D eigenvalue weighted by atomic mass is 16.7. The third-order valence-corrected chi connectivity index (χ3v) is 7.40. The van der Waals surface area contributed by atoms with Gasteiger partial charge in [0.1, 0.15) is 22.9 Å². The number of benzene rings is 2. The van der Waals surface area contributed by atoms with Crippen LogP contribution in [0.3, 0.4) is 0 Å². The number of nitrogens with zero attached hydrogens (tertiary/aromatic N) is 4. The summed E-state index contributed by atoms with van der Waals surface area (Å²) in [5, 5.41) is 28.4. The van der Waals surface area contributed by atoms with E-state index in [-0.39, 0.29) is 41.8 Å². The lowest BCUT2D eigenvalue weighted by Gasteiger charge is -2.21. The minimum absolute atomic E-state index is 0.0196. The largest absolute Gasteiger partial charge is 0.457 e. The number of Topliss-reactive ketones (excluding diaryl/α,β-unsaturated/α-hetero) is 2. The second kappa shape index (κ2) is 14.9. The molecule has 0 radical (unpaired) electrons. The number of carbonyl (C=O) groups excluding carboxylic acids is 4. The van der Waals surface area contributed by atoms with Crippen molar-refractivity contribution in [2.45, 2.75) is 58.3 Å². The zero-order chi connectivity index (χ0) is 32.5. The van der Waals surface area contributed by atoms with Crippen LogP contribution in [0, 0.1) is 26.1 Å². The first kappa shape index (κ1) is 32.6. The number of carbonyl (C=O) groups is 4. The summed E-state index contributed by atoms with van der Waals surface area (Å²) in [6.45, 7) is -0.551. The predicted octanol–water partition coefficient (Wildman–Crippen LogP) is 4.48. The third kappa shape index (κ3) is 8.84. The second-order valence-corrected chi connectivity index (χ2v) is 10.6. The van der Waals surface area contributed by atoms with E-state index in [1.807, 2.05) is 0 Å². The summed E-state index contributed by atoms with van der Waals surface area (Å²) in [7, 11) is 0. The maximum absolute atomic E-state index is 13.5. The molecule has 0 N–H and O–H groups in total. The van der Waals surface area contributed by atoms with E-state index in [1.165, 1.54) is 6.07 Å². The molecular formula is C30H30N4O11. The first-order valence-corrected chi connectivity index (χ1v) is 14.3. The summed E-state index contributed by atoms with van der Waals surface area (Å²) in [6.07, 6.45) is 5.54. The van der Waals surface area contributed by atoms with Gasteiger partial charge in [0, 0.05) is 38.5 Å². The summed E-state index contributed by atoms with van der Waals surface area (Å²) in [5.74, 6) is -2.03. The predicted molar refractivity (Wildman–Crippen MR) is 157 cm³/mol. The van der Waals surface area contributed by atoms with E-state index in [0.29, 0.717) is 35.0 Å². The molecule has 2 aliphatic rings. The average molecular weight is 623 g/mol. The Morgan fingerprint density at radius 2 is 1.31 bits per heavy atom. The van der Waals surface area contributed by atoms with Gasteiger partial charge in [0.15, 0.2) is 0 Å². The van der Waals surface area contributed by atoms with Crippen molar-refractivity contribution in [3.63, 3.8) is 0 Å². The van der Waals surface area contributed by atoms with Crippen molar-refractivity contribution in [2.24, 2.45) is 16.2 Å². The van der Waals surface area contributed by atoms with Gasteiger partial charge >= 0.3 is 25.0 Å². The van der Waals surface area contributed by atoms with Gasteiger partial charge in [-0.05, 0) is 61.6 Å². The van der Waals surface area contributed by atoms with E-state index in [1.54, 1.807) is 37.3 Å². The molecule has 0 unspecified atom stereocenters. The molecule has 236 valence electrons. The molecule has 15 heteroatoms. The summed E-state index contributed by atoms with van der Waals surface area (Å²) < 4.78 is 5.99. The molecule has 0 aromatic heterocycles. The molecule has 1 aliphatic carbocycles. The number of oxime groups is 2. The van der Waals surface area contributed by atoms with Crippen molar-refractivity contribution < 1.29 is 43.4 Å². The molecule has 2 aromatic carbocycles. The Hall–Kier alpha value is -5.34. The highest BCUT2D eigenvalue weighted by Crippen LogP contribution is 2.38. The molecule has 15 nitrogen and oxygen atoms in total. The van der Waals surface area contributed by atoms with Gasteiger partial charge in [0.2, 0.25) is 11.6 Å². The highest BCUT2D eigenvalue weighted by Gasteiger charge is 2.25. The van der Waals surface area contributed by atoms with Crippen molar-refractivity contribution in [1.29, 1.82) is 0 Å². The van der Waals surface area contributed by atoms with Gasteiger partial charge in [-0.3, -0.25) is 29.8 Å². The Morgan fingerprint density at radius 3 is 1.80 bits per heavy atom. The lowest BCUT2D eigenvalue weighted by Crippen LogP contribution is -2.20. The first-order valence-electron chi connectivity index (χ1n) is 14.3. The molecule has 4 rings (SSSR count). The molecule has 1 aliphatic heterocycles. The molecular weight excluding hydrogens is 592 g/mol. The number of ketones is 2. The van der Waals surface area contributed by atoms with Crippen LogP contribution in [0.2, 0.25) is 0 Å². The van der Waals surface area contributed by atoms with Gasteiger partial charge in [0.05, 0.1) is 0 Å². The molecule has 0 atom stereocenters. The van der Waals surface area contributed by atoms with Crippen LogP contribution in [0.1, 0.15) is 83.7 Å². The lowest BCUT2D eigenvalue weighted by atomic mass is 9.92. The minimum atomic E-state index is -1.21. The molecule has 1 saturated carbocycles. The third-order valence-electron chi connectivity index (χ3n) is 7.40. The summed E-state index contributed by atoms with van der Waals surface area (Å²) >= 11 is 0. The van der Waals surface area contributed by atoms with Crippen molar-refractivity contribution in [3.05, 3.63) is 78.9 Å². The fourth-order valence-electron chi connectivity index (χ4n) is 5.16. The van der Waals surface area contributed by atoms with E-state index in [9.17, 15) is 39.4 Å². The van der Waals surface area contributed by atoms with Crippen LogP contribution in [0.25, 0.3) is 0 Å². The molecule has 0 saturated heterocycles. The number of hydrogen-bond acceptors (Lipinski definition) is 13. The molecule has 0 bridgehead atoms. The Morgan fingerprint density at radius 1 is 0.822 bits per heavy atom. The maximum atomic E-state index is 13.5. The van der Waals surface area contributed by atoms with Crippen LogP contribution in [0.4, 0.5) is 0 Å². The zero-order valence-corrected chi connectivity index (χ0v) is 24.4. The molecule has 0 spiro atoms. The van der Waals surface area contributed by atoms with Crippen LogP contribution in [-0.4, -0.2) is 57.9 Å². The smallest absolute Gasteiger partial charge is 0.405 e. The number of nitro groups is 2. The van der Waals surface area contributed by atoms with Crippen molar-refractivity contribution in [3.8, 4) is 11.5 Å². The summed E-state index contributed by atoms with van der Waals surface area (Å²) in [5.41, 5.74) is 1.60. The van der Waals surface area contributed by atoms with E-state index < -0.39 is 46.4 Å². The normalized spacial score (nSPS) is 14.5. The molecule has 1 fully saturated rings. The summed E-state index contributed by atoms with van der Waals surface area (Å²) in [6, 6.07) is 9.50. The Bertz CT molecular complexity index is 1590. The Balaban J connectivity index is 1.52. The average Bonchev–Trinajstić information content (AvgIpc) is 3.52. The second-order valence-electron chi connectivity index (χ2n) is 10.6. The molecule has 45 heavy (non-hydrogen) atoms. The van der Waals surface area contributed by atoms with E-state index >= 15 is 0 Å². The topological polar surface area (TPSA) is 207 Å². The van der Waals surface area contributed by atoms with Gasteiger partial charge in [-0.15, -0.1) is 0 Å². The number of fused-ring (bicyclic) bond motifs is 2. The van der Waals surface area contributed by atoms with Crippen molar-refractivity contribution in [1.82, 2.24) is 0 Å². The number of hydrogen-bond donors (Lipinski definition) is 0. The van der Waals surface area contributed by atoms with Crippen molar-refractivity contribution in [2.75, 3.05) is 13.1 Å². The van der Waals surface area contributed by atoms with Gasteiger partial charge < -0.3 is 14.4 Å². The molecule has 1 heterocycles.